The van der Waals surface area contributed by atoms with E-state index in [1.54, 1.807) is 0 Å². The Morgan fingerprint density at radius 2 is 2.21 bits per heavy atom. The molecule has 0 N–H and O–H groups in total. The molecule has 2 rings (SSSR count). The van der Waals surface area contributed by atoms with Gasteiger partial charge in [0.1, 0.15) is 11.3 Å². The lowest BCUT2D eigenvalue weighted by atomic mass is 10.2. The van der Waals surface area contributed by atoms with Gasteiger partial charge in [-0.05, 0) is 18.6 Å². The lowest BCUT2D eigenvalue weighted by Crippen LogP contribution is -2.05. The fraction of sp³-hybridized carbons (Fsp3) is 0.286. The minimum Gasteiger partial charge on any atom is -0.491 e. The maximum atomic E-state index is 11.6. The zero-order valence-corrected chi connectivity index (χ0v) is 11.5. The van der Waals surface area contributed by atoms with Gasteiger partial charge in [0.25, 0.3) is 0 Å². The van der Waals surface area contributed by atoms with Gasteiger partial charge in [0.05, 0.1) is 18.7 Å². The predicted octanol–water partition coefficient (Wildman–Crippen LogP) is 3.46. The summed E-state index contributed by atoms with van der Waals surface area (Å²) >= 11 is 6.17. The zero-order chi connectivity index (χ0) is 13.8. The third-order valence-corrected chi connectivity index (χ3v) is 2.92. The highest BCUT2D eigenvalue weighted by Crippen LogP contribution is 2.30. The SMILES string of the molecule is CCCOc1cccc2c(Cl)cc(C(=O)OC)nc12. The van der Waals surface area contributed by atoms with E-state index in [-0.39, 0.29) is 5.69 Å². The summed E-state index contributed by atoms with van der Waals surface area (Å²) < 4.78 is 10.3. The molecular weight excluding hydrogens is 266 g/mol. The summed E-state index contributed by atoms with van der Waals surface area (Å²) in [5.74, 6) is 0.0982. The first-order valence-electron chi connectivity index (χ1n) is 5.97. The Bertz CT molecular complexity index is 613. The summed E-state index contributed by atoms with van der Waals surface area (Å²) in [6.07, 6.45) is 0.890. The largest absolute Gasteiger partial charge is 0.491 e. The second-order valence-corrected chi connectivity index (χ2v) is 4.39. The molecule has 0 aliphatic carbocycles. The third kappa shape index (κ3) is 2.79. The lowest BCUT2D eigenvalue weighted by Gasteiger charge is -2.09. The van der Waals surface area contributed by atoms with Crippen molar-refractivity contribution in [3.63, 3.8) is 0 Å². The van der Waals surface area contributed by atoms with Crippen molar-refractivity contribution >= 4 is 28.5 Å². The number of halogens is 1. The van der Waals surface area contributed by atoms with Gasteiger partial charge in [-0.25, -0.2) is 9.78 Å². The van der Waals surface area contributed by atoms with Crippen LogP contribution in [0.15, 0.2) is 24.3 Å². The minimum absolute atomic E-state index is 0.174. The Balaban J connectivity index is 2.58. The molecule has 0 radical (unpaired) electrons. The molecule has 0 unspecified atom stereocenters. The van der Waals surface area contributed by atoms with E-state index in [2.05, 4.69) is 9.72 Å². The molecule has 5 heteroatoms. The molecule has 1 aromatic heterocycles. The second-order valence-electron chi connectivity index (χ2n) is 3.98. The highest BCUT2D eigenvalue weighted by atomic mass is 35.5. The van der Waals surface area contributed by atoms with Gasteiger partial charge in [-0.3, -0.25) is 0 Å². The van der Waals surface area contributed by atoms with Crippen molar-refractivity contribution in [2.24, 2.45) is 0 Å². The first-order chi connectivity index (χ1) is 9.17. The molecule has 0 atom stereocenters. The van der Waals surface area contributed by atoms with Crippen LogP contribution in [0, 0.1) is 0 Å². The molecule has 0 spiro atoms. The Morgan fingerprint density at radius 1 is 1.42 bits per heavy atom. The first-order valence-corrected chi connectivity index (χ1v) is 6.35. The number of fused-ring (bicyclic) bond motifs is 1. The highest BCUT2D eigenvalue weighted by Gasteiger charge is 2.14. The minimum atomic E-state index is -0.519. The van der Waals surface area contributed by atoms with Crippen LogP contribution in [0.2, 0.25) is 5.02 Å². The number of carbonyl (C=O) groups is 1. The summed E-state index contributed by atoms with van der Waals surface area (Å²) in [6.45, 7) is 2.60. The quantitative estimate of drug-likeness (QED) is 0.804. The molecule has 1 aromatic carbocycles. The molecule has 0 fully saturated rings. The second kappa shape index (κ2) is 5.89. The van der Waals surface area contributed by atoms with Gasteiger partial charge in [-0.1, -0.05) is 30.7 Å². The number of ether oxygens (including phenoxy) is 2. The number of esters is 1. The number of hydrogen-bond acceptors (Lipinski definition) is 4. The lowest BCUT2D eigenvalue weighted by molar-refractivity contribution is 0.0594. The molecule has 0 aliphatic heterocycles. The Kier molecular flexibility index (Phi) is 4.22. The van der Waals surface area contributed by atoms with E-state index >= 15 is 0 Å². The van der Waals surface area contributed by atoms with E-state index in [1.807, 2.05) is 25.1 Å². The fourth-order valence-electron chi connectivity index (χ4n) is 1.72. The van der Waals surface area contributed by atoms with Crippen molar-refractivity contribution in [1.29, 1.82) is 0 Å². The molecule has 4 nitrogen and oxygen atoms in total. The Morgan fingerprint density at radius 3 is 2.89 bits per heavy atom. The van der Waals surface area contributed by atoms with Crippen LogP contribution in [0.5, 0.6) is 5.75 Å². The summed E-state index contributed by atoms with van der Waals surface area (Å²) in [4.78, 5) is 15.8. The van der Waals surface area contributed by atoms with Gasteiger partial charge in [-0.15, -0.1) is 0 Å². The standard InChI is InChI=1S/C14H14ClNO3/c1-3-7-19-12-6-4-5-9-10(15)8-11(14(17)18-2)16-13(9)12/h4-6,8H,3,7H2,1-2H3. The van der Waals surface area contributed by atoms with Crippen LogP contribution in [0.1, 0.15) is 23.8 Å². The van der Waals surface area contributed by atoms with E-state index in [1.165, 1.54) is 13.2 Å². The van der Waals surface area contributed by atoms with Gasteiger partial charge in [-0.2, -0.15) is 0 Å². The van der Waals surface area contributed by atoms with Crippen LogP contribution in [-0.2, 0) is 4.74 Å². The van der Waals surface area contributed by atoms with Crippen LogP contribution in [0.4, 0.5) is 0 Å². The van der Waals surface area contributed by atoms with Crippen LogP contribution in [0.3, 0.4) is 0 Å². The van der Waals surface area contributed by atoms with Crippen molar-refractivity contribution in [3.8, 4) is 5.75 Å². The van der Waals surface area contributed by atoms with E-state index in [9.17, 15) is 4.79 Å². The van der Waals surface area contributed by atoms with Crippen molar-refractivity contribution in [2.45, 2.75) is 13.3 Å². The molecule has 1 heterocycles. The number of carbonyl (C=O) groups excluding carboxylic acids is 1. The van der Waals surface area contributed by atoms with Gasteiger partial charge < -0.3 is 9.47 Å². The van der Waals surface area contributed by atoms with Gasteiger partial charge in [0.2, 0.25) is 0 Å². The maximum absolute atomic E-state index is 11.6. The van der Waals surface area contributed by atoms with E-state index < -0.39 is 5.97 Å². The van der Waals surface area contributed by atoms with Crippen molar-refractivity contribution in [3.05, 3.63) is 35.0 Å². The highest BCUT2D eigenvalue weighted by molar-refractivity contribution is 6.35. The summed E-state index contributed by atoms with van der Waals surface area (Å²) in [5, 5.41) is 1.20. The smallest absolute Gasteiger partial charge is 0.356 e. The normalized spacial score (nSPS) is 10.5. The summed E-state index contributed by atoms with van der Waals surface area (Å²) in [5.41, 5.74) is 0.747. The Labute approximate surface area is 116 Å². The summed E-state index contributed by atoms with van der Waals surface area (Å²) in [7, 11) is 1.31. The van der Waals surface area contributed by atoms with Gasteiger partial charge >= 0.3 is 5.97 Å². The molecule has 0 amide bonds. The number of rotatable bonds is 4. The molecule has 2 aromatic rings. The topological polar surface area (TPSA) is 48.4 Å². The molecule has 0 saturated carbocycles. The molecule has 19 heavy (non-hydrogen) atoms. The number of aromatic nitrogens is 1. The number of methoxy groups -OCH3 is 1. The van der Waals surface area contributed by atoms with Crippen LogP contribution in [-0.4, -0.2) is 24.7 Å². The summed E-state index contributed by atoms with van der Waals surface area (Å²) in [6, 6.07) is 6.99. The third-order valence-electron chi connectivity index (χ3n) is 2.61. The average molecular weight is 280 g/mol. The zero-order valence-electron chi connectivity index (χ0n) is 10.8. The number of nitrogens with zero attached hydrogens (tertiary/aromatic N) is 1. The van der Waals surface area contributed by atoms with E-state index in [0.29, 0.717) is 22.9 Å². The fourth-order valence-corrected chi connectivity index (χ4v) is 1.97. The van der Waals surface area contributed by atoms with Crippen molar-refractivity contribution < 1.29 is 14.3 Å². The molecule has 0 bridgehead atoms. The number of hydrogen-bond donors (Lipinski definition) is 0. The first kappa shape index (κ1) is 13.6. The van der Waals surface area contributed by atoms with Crippen molar-refractivity contribution in [1.82, 2.24) is 4.98 Å². The van der Waals surface area contributed by atoms with E-state index in [0.717, 1.165) is 11.8 Å². The monoisotopic (exact) mass is 279 g/mol. The van der Waals surface area contributed by atoms with Crippen LogP contribution < -0.4 is 4.74 Å². The molecular formula is C14H14ClNO3. The van der Waals surface area contributed by atoms with Crippen LogP contribution >= 0.6 is 11.6 Å². The molecule has 0 saturated heterocycles. The molecule has 0 aliphatic rings. The maximum Gasteiger partial charge on any atom is 0.356 e. The van der Waals surface area contributed by atoms with Gasteiger partial charge in [0.15, 0.2) is 5.69 Å². The average Bonchev–Trinajstić information content (AvgIpc) is 2.44. The van der Waals surface area contributed by atoms with E-state index in [4.69, 9.17) is 16.3 Å². The Hall–Kier alpha value is -1.81. The number of para-hydroxylation sites is 1. The van der Waals surface area contributed by atoms with Crippen LogP contribution in [0.25, 0.3) is 10.9 Å². The number of benzene rings is 1. The predicted molar refractivity (Wildman–Crippen MR) is 73.9 cm³/mol. The van der Waals surface area contributed by atoms with Gasteiger partial charge in [0, 0.05) is 5.39 Å². The number of pyridine rings is 1. The van der Waals surface area contributed by atoms with Crippen molar-refractivity contribution in [2.75, 3.05) is 13.7 Å². The molecule has 100 valence electrons.